The number of benzene rings is 3. The van der Waals surface area contributed by atoms with Crippen LogP contribution in [0, 0.1) is 0 Å². The van der Waals surface area contributed by atoms with Crippen LogP contribution in [0.3, 0.4) is 0 Å². The molecule has 0 saturated heterocycles. The first-order valence-electron chi connectivity index (χ1n) is 10.9. The van der Waals surface area contributed by atoms with Crippen LogP contribution in [0.1, 0.15) is 10.4 Å². The number of methoxy groups -OCH3 is 3. The molecule has 0 radical (unpaired) electrons. The molecule has 9 nitrogen and oxygen atoms in total. The molecule has 0 aliphatic heterocycles. The number of rotatable bonds is 9. The number of ether oxygens (including phenoxy) is 3. The number of esters is 1. The molecule has 0 aliphatic carbocycles. The number of hydrogen-bond donors (Lipinski definition) is 1. The highest BCUT2D eigenvalue weighted by Crippen LogP contribution is 2.30. The van der Waals surface area contributed by atoms with E-state index in [2.05, 4.69) is 15.5 Å². The van der Waals surface area contributed by atoms with Crippen molar-refractivity contribution in [3.8, 4) is 28.6 Å². The Morgan fingerprint density at radius 1 is 0.889 bits per heavy atom. The maximum absolute atomic E-state index is 12.6. The zero-order valence-corrected chi connectivity index (χ0v) is 20.7. The first-order chi connectivity index (χ1) is 17.5. The summed E-state index contributed by atoms with van der Waals surface area (Å²) in [5.74, 6) is 1.47. The number of aromatic nitrogens is 3. The third-order valence-corrected chi connectivity index (χ3v) is 6.14. The minimum atomic E-state index is -0.437. The third kappa shape index (κ3) is 5.66. The summed E-state index contributed by atoms with van der Waals surface area (Å²) in [5, 5.41) is 12.1. The molecule has 184 valence electrons. The van der Waals surface area contributed by atoms with Gasteiger partial charge in [0.2, 0.25) is 5.91 Å². The first kappa shape index (κ1) is 24.8. The van der Waals surface area contributed by atoms with Crippen molar-refractivity contribution in [3.63, 3.8) is 0 Å². The second kappa shape index (κ2) is 11.4. The van der Waals surface area contributed by atoms with E-state index in [0.717, 1.165) is 17.0 Å². The molecule has 10 heteroatoms. The number of carbonyl (C=O) groups is 2. The topological polar surface area (TPSA) is 105 Å². The van der Waals surface area contributed by atoms with Gasteiger partial charge >= 0.3 is 5.97 Å². The molecule has 0 unspecified atom stereocenters. The highest BCUT2D eigenvalue weighted by atomic mass is 32.2. The van der Waals surface area contributed by atoms with Gasteiger partial charge in [0.05, 0.1) is 32.6 Å². The van der Waals surface area contributed by atoms with Crippen LogP contribution in [0.25, 0.3) is 17.1 Å². The molecule has 4 aromatic rings. The number of nitrogens with one attached hydrogen (secondary N) is 1. The molecule has 1 heterocycles. The molecule has 3 aromatic carbocycles. The predicted octanol–water partition coefficient (Wildman–Crippen LogP) is 4.47. The summed E-state index contributed by atoms with van der Waals surface area (Å²) in [6.07, 6.45) is 0. The Morgan fingerprint density at radius 2 is 1.61 bits per heavy atom. The summed E-state index contributed by atoms with van der Waals surface area (Å²) in [7, 11) is 4.54. The van der Waals surface area contributed by atoms with Crippen LogP contribution in [0.4, 0.5) is 5.69 Å². The molecule has 0 saturated carbocycles. The molecule has 4 rings (SSSR count). The molecule has 0 spiro atoms. The van der Waals surface area contributed by atoms with Crippen molar-refractivity contribution in [2.75, 3.05) is 32.4 Å². The summed E-state index contributed by atoms with van der Waals surface area (Å²) in [5.41, 5.74) is 2.61. The van der Waals surface area contributed by atoms with Crippen LogP contribution in [0.2, 0.25) is 0 Å². The maximum atomic E-state index is 12.6. The summed E-state index contributed by atoms with van der Waals surface area (Å²) in [4.78, 5) is 24.2. The minimum absolute atomic E-state index is 0.102. The quantitative estimate of drug-likeness (QED) is 0.263. The molecular formula is C26H24N4O5S. The van der Waals surface area contributed by atoms with Gasteiger partial charge in [-0.3, -0.25) is 9.36 Å². The van der Waals surface area contributed by atoms with Crippen LogP contribution >= 0.6 is 11.8 Å². The Labute approximate surface area is 212 Å². The van der Waals surface area contributed by atoms with Gasteiger partial charge in [0.25, 0.3) is 0 Å². The summed E-state index contributed by atoms with van der Waals surface area (Å²) in [6, 6.07) is 21.5. The fraction of sp³-hybridized carbons (Fsp3) is 0.154. The fourth-order valence-electron chi connectivity index (χ4n) is 3.41. The van der Waals surface area contributed by atoms with Gasteiger partial charge in [-0.2, -0.15) is 0 Å². The predicted molar refractivity (Wildman–Crippen MR) is 137 cm³/mol. The molecule has 0 atom stereocenters. The average molecular weight is 505 g/mol. The standard InChI is InChI=1S/C26H24N4O5S/c1-33-21-13-11-20(12-14-21)30-24(18-5-4-6-22(15-18)34-2)28-29-26(30)36-16-23(31)27-19-9-7-17(8-10-19)25(32)35-3/h4-15H,16H2,1-3H3,(H,27,31). The van der Waals surface area contributed by atoms with E-state index in [0.29, 0.717) is 28.0 Å². The van der Waals surface area contributed by atoms with Gasteiger partial charge in [0.15, 0.2) is 11.0 Å². The lowest BCUT2D eigenvalue weighted by Gasteiger charge is -2.12. The smallest absolute Gasteiger partial charge is 0.337 e. The van der Waals surface area contributed by atoms with Crippen LogP contribution < -0.4 is 14.8 Å². The van der Waals surface area contributed by atoms with Gasteiger partial charge in [0.1, 0.15) is 11.5 Å². The lowest BCUT2D eigenvalue weighted by Crippen LogP contribution is -2.14. The lowest BCUT2D eigenvalue weighted by molar-refractivity contribution is -0.113. The van der Waals surface area contributed by atoms with Gasteiger partial charge in [-0.1, -0.05) is 23.9 Å². The normalized spacial score (nSPS) is 10.5. The van der Waals surface area contributed by atoms with Gasteiger partial charge < -0.3 is 19.5 Å². The Hall–Kier alpha value is -4.31. The van der Waals surface area contributed by atoms with Gasteiger partial charge in [0, 0.05) is 16.9 Å². The van der Waals surface area contributed by atoms with Crippen LogP contribution in [0.5, 0.6) is 11.5 Å². The molecule has 36 heavy (non-hydrogen) atoms. The zero-order valence-electron chi connectivity index (χ0n) is 19.9. The highest BCUT2D eigenvalue weighted by molar-refractivity contribution is 7.99. The van der Waals surface area contributed by atoms with Crippen molar-refractivity contribution in [2.45, 2.75) is 5.16 Å². The molecular weight excluding hydrogens is 480 g/mol. The molecule has 1 aromatic heterocycles. The third-order valence-electron chi connectivity index (χ3n) is 5.21. The van der Waals surface area contributed by atoms with Gasteiger partial charge in [-0.25, -0.2) is 4.79 Å². The summed E-state index contributed by atoms with van der Waals surface area (Å²) < 4.78 is 17.2. The van der Waals surface area contributed by atoms with Crippen molar-refractivity contribution in [1.29, 1.82) is 0 Å². The van der Waals surface area contributed by atoms with E-state index in [-0.39, 0.29) is 11.7 Å². The molecule has 1 amide bonds. The Balaban J connectivity index is 1.56. The fourth-order valence-corrected chi connectivity index (χ4v) is 4.16. The largest absolute Gasteiger partial charge is 0.497 e. The molecule has 0 fully saturated rings. The first-order valence-corrected chi connectivity index (χ1v) is 11.9. The van der Waals surface area contributed by atoms with Crippen molar-refractivity contribution < 1.29 is 23.8 Å². The second-order valence-electron chi connectivity index (χ2n) is 7.48. The van der Waals surface area contributed by atoms with E-state index >= 15 is 0 Å². The summed E-state index contributed by atoms with van der Waals surface area (Å²) >= 11 is 1.26. The van der Waals surface area contributed by atoms with E-state index in [1.165, 1.54) is 18.9 Å². The van der Waals surface area contributed by atoms with E-state index in [1.54, 1.807) is 38.5 Å². The second-order valence-corrected chi connectivity index (χ2v) is 8.42. The Bertz CT molecular complexity index is 1350. The van der Waals surface area contributed by atoms with Crippen LogP contribution in [-0.4, -0.2) is 53.7 Å². The van der Waals surface area contributed by atoms with Crippen LogP contribution in [0.15, 0.2) is 78.0 Å². The number of hydrogen-bond acceptors (Lipinski definition) is 8. The number of carbonyl (C=O) groups excluding carboxylic acids is 2. The van der Waals surface area contributed by atoms with Crippen molar-refractivity contribution >= 4 is 29.3 Å². The van der Waals surface area contributed by atoms with Crippen LogP contribution in [-0.2, 0) is 9.53 Å². The van der Waals surface area contributed by atoms with E-state index in [4.69, 9.17) is 14.2 Å². The molecule has 0 bridgehead atoms. The monoisotopic (exact) mass is 504 g/mol. The van der Waals surface area contributed by atoms with Gasteiger partial charge in [-0.15, -0.1) is 10.2 Å². The summed E-state index contributed by atoms with van der Waals surface area (Å²) in [6.45, 7) is 0. The van der Waals surface area contributed by atoms with Crippen molar-refractivity contribution in [3.05, 3.63) is 78.4 Å². The van der Waals surface area contributed by atoms with Crippen molar-refractivity contribution in [2.24, 2.45) is 0 Å². The average Bonchev–Trinajstić information content (AvgIpc) is 3.36. The molecule has 0 aliphatic rings. The van der Waals surface area contributed by atoms with E-state index < -0.39 is 5.97 Å². The van der Waals surface area contributed by atoms with E-state index in [1.807, 2.05) is 53.1 Å². The molecule has 1 N–H and O–H groups in total. The zero-order chi connectivity index (χ0) is 25.5. The number of thioether (sulfide) groups is 1. The Kier molecular flexibility index (Phi) is 7.86. The number of anilines is 1. The van der Waals surface area contributed by atoms with E-state index in [9.17, 15) is 9.59 Å². The highest BCUT2D eigenvalue weighted by Gasteiger charge is 2.18. The maximum Gasteiger partial charge on any atom is 0.337 e. The lowest BCUT2D eigenvalue weighted by atomic mass is 10.2. The number of nitrogens with zero attached hydrogens (tertiary/aromatic N) is 3. The van der Waals surface area contributed by atoms with Gasteiger partial charge in [-0.05, 0) is 60.7 Å². The number of amides is 1. The SMILES string of the molecule is COC(=O)c1ccc(NC(=O)CSc2nnc(-c3cccc(OC)c3)n2-c2ccc(OC)cc2)cc1. The Morgan fingerprint density at radius 3 is 2.28 bits per heavy atom. The minimum Gasteiger partial charge on any atom is -0.497 e. The van der Waals surface area contributed by atoms with Crippen molar-refractivity contribution in [1.82, 2.24) is 14.8 Å².